The van der Waals surface area contributed by atoms with Gasteiger partial charge in [0.25, 0.3) is 5.91 Å². The molecule has 0 radical (unpaired) electrons. The molecule has 0 bridgehead atoms. The molecule has 20 heavy (non-hydrogen) atoms. The van der Waals surface area contributed by atoms with Crippen molar-refractivity contribution in [2.45, 2.75) is 26.3 Å². The number of esters is 1. The van der Waals surface area contributed by atoms with Crippen molar-refractivity contribution in [2.24, 2.45) is 0 Å². The summed E-state index contributed by atoms with van der Waals surface area (Å²) in [4.78, 5) is 22.8. The van der Waals surface area contributed by atoms with Gasteiger partial charge in [0, 0.05) is 6.04 Å². The van der Waals surface area contributed by atoms with E-state index in [-0.39, 0.29) is 25.2 Å². The van der Waals surface area contributed by atoms with Crippen LogP contribution in [0.5, 0.6) is 5.75 Å². The van der Waals surface area contributed by atoms with E-state index in [0.717, 1.165) is 6.42 Å². The lowest BCUT2D eigenvalue weighted by molar-refractivity contribution is -0.150. The number of benzene rings is 1. The van der Waals surface area contributed by atoms with Crippen LogP contribution in [0.15, 0.2) is 24.3 Å². The molecule has 1 amide bonds. The second-order valence-corrected chi connectivity index (χ2v) is 4.66. The maximum absolute atomic E-state index is 11.4. The number of ether oxygens (including phenoxy) is 2. The van der Waals surface area contributed by atoms with Crippen molar-refractivity contribution in [3.8, 4) is 5.75 Å². The third kappa shape index (κ3) is 5.93. The maximum atomic E-state index is 11.4. The number of halogens is 1. The van der Waals surface area contributed by atoms with Crippen LogP contribution in [0, 0.1) is 0 Å². The number of hydrogen-bond donors (Lipinski definition) is 1. The van der Waals surface area contributed by atoms with Gasteiger partial charge < -0.3 is 14.8 Å². The summed E-state index contributed by atoms with van der Waals surface area (Å²) in [5.74, 6) is -0.551. The second kappa shape index (κ2) is 8.43. The van der Waals surface area contributed by atoms with E-state index in [1.807, 2.05) is 13.8 Å². The van der Waals surface area contributed by atoms with E-state index in [2.05, 4.69) is 5.32 Å². The molecule has 6 heteroatoms. The number of nitrogens with one attached hydrogen (secondary N) is 1. The molecule has 0 unspecified atom stereocenters. The van der Waals surface area contributed by atoms with Crippen LogP contribution >= 0.6 is 11.6 Å². The fourth-order valence-electron chi connectivity index (χ4n) is 1.30. The molecule has 0 saturated heterocycles. The van der Waals surface area contributed by atoms with Crippen molar-refractivity contribution in [2.75, 3.05) is 13.2 Å². The molecule has 0 aromatic heterocycles. The summed E-state index contributed by atoms with van der Waals surface area (Å²) in [5.41, 5.74) is 0. The number of rotatable bonds is 7. The van der Waals surface area contributed by atoms with E-state index in [1.165, 1.54) is 0 Å². The van der Waals surface area contributed by atoms with Crippen molar-refractivity contribution < 1.29 is 19.1 Å². The van der Waals surface area contributed by atoms with E-state index in [0.29, 0.717) is 10.8 Å². The van der Waals surface area contributed by atoms with Gasteiger partial charge in [0.15, 0.2) is 13.2 Å². The smallest absolute Gasteiger partial charge is 0.344 e. The van der Waals surface area contributed by atoms with Crippen LogP contribution in [0.4, 0.5) is 0 Å². The van der Waals surface area contributed by atoms with Gasteiger partial charge in [0.05, 0.1) is 5.02 Å². The molecule has 0 heterocycles. The molecule has 0 aliphatic rings. The van der Waals surface area contributed by atoms with Crippen molar-refractivity contribution in [3.05, 3.63) is 29.3 Å². The second-order valence-electron chi connectivity index (χ2n) is 4.26. The van der Waals surface area contributed by atoms with Crippen LogP contribution < -0.4 is 10.1 Å². The zero-order valence-electron chi connectivity index (χ0n) is 11.5. The molecule has 0 saturated carbocycles. The molecule has 1 aromatic carbocycles. The Kier molecular flexibility index (Phi) is 6.87. The monoisotopic (exact) mass is 299 g/mol. The van der Waals surface area contributed by atoms with Crippen LogP contribution in [0.1, 0.15) is 20.3 Å². The molecule has 1 rings (SSSR count). The van der Waals surface area contributed by atoms with Gasteiger partial charge in [-0.25, -0.2) is 4.79 Å². The summed E-state index contributed by atoms with van der Waals surface area (Å²) in [6.45, 7) is 3.23. The first kappa shape index (κ1) is 16.3. The summed E-state index contributed by atoms with van der Waals surface area (Å²) in [6, 6.07) is 6.85. The molecule has 1 aromatic rings. The topological polar surface area (TPSA) is 64.6 Å². The van der Waals surface area contributed by atoms with Gasteiger partial charge in [0.1, 0.15) is 5.75 Å². The molecule has 0 fully saturated rings. The Balaban J connectivity index is 2.27. The molecule has 0 aliphatic carbocycles. The minimum Gasteiger partial charge on any atom is -0.480 e. The van der Waals surface area contributed by atoms with Gasteiger partial charge in [-0.2, -0.15) is 0 Å². The van der Waals surface area contributed by atoms with E-state index in [9.17, 15) is 9.59 Å². The lowest BCUT2D eigenvalue weighted by Crippen LogP contribution is -2.35. The SMILES string of the molecule is CC[C@@H](C)NC(=O)COC(=O)COc1ccccc1Cl. The molecule has 0 spiro atoms. The summed E-state index contributed by atoms with van der Waals surface area (Å²) < 4.78 is 9.99. The lowest BCUT2D eigenvalue weighted by Gasteiger charge is -2.11. The first-order chi connectivity index (χ1) is 9.52. The highest BCUT2D eigenvalue weighted by molar-refractivity contribution is 6.32. The Morgan fingerprint density at radius 1 is 1.30 bits per heavy atom. The predicted molar refractivity (Wildman–Crippen MR) is 75.8 cm³/mol. The molecule has 0 aliphatic heterocycles. The maximum Gasteiger partial charge on any atom is 0.344 e. The molecule has 1 atom stereocenters. The van der Waals surface area contributed by atoms with Gasteiger partial charge in [-0.15, -0.1) is 0 Å². The van der Waals surface area contributed by atoms with E-state index in [4.69, 9.17) is 21.1 Å². The van der Waals surface area contributed by atoms with E-state index < -0.39 is 5.97 Å². The van der Waals surface area contributed by atoms with E-state index >= 15 is 0 Å². The Bertz CT molecular complexity index is 464. The number of carbonyl (C=O) groups is 2. The highest BCUT2D eigenvalue weighted by Gasteiger charge is 2.10. The fraction of sp³-hybridized carbons (Fsp3) is 0.429. The van der Waals surface area contributed by atoms with Gasteiger partial charge in [-0.3, -0.25) is 4.79 Å². The van der Waals surface area contributed by atoms with Crippen molar-refractivity contribution in [1.82, 2.24) is 5.32 Å². The van der Waals surface area contributed by atoms with Crippen molar-refractivity contribution in [1.29, 1.82) is 0 Å². The molecule has 1 N–H and O–H groups in total. The van der Waals surface area contributed by atoms with Crippen molar-refractivity contribution in [3.63, 3.8) is 0 Å². The third-order valence-electron chi connectivity index (χ3n) is 2.57. The minimum atomic E-state index is -0.621. The number of para-hydroxylation sites is 1. The average molecular weight is 300 g/mol. The minimum absolute atomic E-state index is 0.0561. The molecule has 5 nitrogen and oxygen atoms in total. The summed E-state index contributed by atoms with van der Waals surface area (Å²) in [5, 5.41) is 3.10. The highest BCUT2D eigenvalue weighted by atomic mass is 35.5. The zero-order chi connectivity index (χ0) is 15.0. The highest BCUT2D eigenvalue weighted by Crippen LogP contribution is 2.22. The largest absolute Gasteiger partial charge is 0.480 e. The van der Waals surface area contributed by atoms with Gasteiger partial charge in [-0.05, 0) is 25.5 Å². The molecular weight excluding hydrogens is 282 g/mol. The third-order valence-corrected chi connectivity index (χ3v) is 2.88. The van der Waals surface area contributed by atoms with Crippen LogP contribution in [0.2, 0.25) is 5.02 Å². The Morgan fingerprint density at radius 2 is 2.00 bits per heavy atom. The number of hydrogen-bond acceptors (Lipinski definition) is 4. The Hall–Kier alpha value is -1.75. The number of amides is 1. The van der Waals surface area contributed by atoms with E-state index in [1.54, 1.807) is 24.3 Å². The molecule has 110 valence electrons. The van der Waals surface area contributed by atoms with Crippen LogP contribution in [-0.4, -0.2) is 31.1 Å². The van der Waals surface area contributed by atoms with Crippen LogP contribution in [-0.2, 0) is 14.3 Å². The summed E-state index contributed by atoms with van der Waals surface area (Å²) >= 11 is 5.87. The Labute approximate surface area is 123 Å². The van der Waals surface area contributed by atoms with Crippen LogP contribution in [0.3, 0.4) is 0 Å². The van der Waals surface area contributed by atoms with Gasteiger partial charge >= 0.3 is 5.97 Å². The fourth-order valence-corrected chi connectivity index (χ4v) is 1.50. The summed E-state index contributed by atoms with van der Waals surface area (Å²) in [7, 11) is 0. The first-order valence-corrected chi connectivity index (χ1v) is 6.73. The predicted octanol–water partition coefficient (Wildman–Crippen LogP) is 2.18. The quantitative estimate of drug-likeness (QED) is 0.784. The standard InChI is InChI=1S/C14H18ClNO4/c1-3-10(2)16-13(17)8-20-14(18)9-19-12-7-5-4-6-11(12)15/h4-7,10H,3,8-9H2,1-2H3,(H,16,17)/t10-/m1/s1. The van der Waals surface area contributed by atoms with Crippen molar-refractivity contribution >= 4 is 23.5 Å². The average Bonchev–Trinajstić information content (AvgIpc) is 2.44. The Morgan fingerprint density at radius 3 is 2.65 bits per heavy atom. The molecular formula is C14H18ClNO4. The van der Waals surface area contributed by atoms with Gasteiger partial charge in [-0.1, -0.05) is 30.7 Å². The normalized spacial score (nSPS) is 11.6. The lowest BCUT2D eigenvalue weighted by atomic mass is 10.2. The summed E-state index contributed by atoms with van der Waals surface area (Å²) in [6.07, 6.45) is 0.815. The first-order valence-electron chi connectivity index (χ1n) is 6.35. The number of carbonyl (C=O) groups excluding carboxylic acids is 2. The van der Waals surface area contributed by atoms with Crippen LogP contribution in [0.25, 0.3) is 0 Å². The van der Waals surface area contributed by atoms with Gasteiger partial charge in [0.2, 0.25) is 0 Å². The zero-order valence-corrected chi connectivity index (χ0v) is 12.3.